The number of anilines is 1. The number of amides is 3. The molecule has 2 aromatic rings. The number of likely N-dealkylation sites (N-methyl/N-ethyl adjacent to an activating group) is 1. The number of nitrogens with one attached hydrogen (secondary N) is 2. The van der Waals surface area contributed by atoms with Gasteiger partial charge in [0.05, 0.1) is 17.3 Å². The van der Waals surface area contributed by atoms with E-state index in [0.29, 0.717) is 22.5 Å². The maximum Gasteiger partial charge on any atom is 0.389 e. The molecule has 0 saturated carbocycles. The molecule has 8 nitrogen and oxygen atoms in total. The van der Waals surface area contributed by atoms with E-state index >= 15 is 0 Å². The second-order valence-corrected chi connectivity index (χ2v) is 11.0. The molecule has 15 heteroatoms. The Balaban J connectivity index is 2.01. The number of benzene rings is 2. The Bertz CT molecular complexity index is 1320. The minimum absolute atomic E-state index is 0.134. The van der Waals surface area contributed by atoms with E-state index in [1.807, 2.05) is 0 Å². The average molecular weight is 646 g/mol. The molecule has 3 amide bonds. The summed E-state index contributed by atoms with van der Waals surface area (Å²) >= 11 is 0.810. The van der Waals surface area contributed by atoms with Gasteiger partial charge >= 0.3 is 12.4 Å². The number of hydrogen-bond donors (Lipinski definition) is 3. The van der Waals surface area contributed by atoms with Gasteiger partial charge < -0.3 is 16.0 Å². The van der Waals surface area contributed by atoms with Crippen molar-refractivity contribution >= 4 is 41.1 Å². The molecule has 3 unspecified atom stereocenters. The van der Waals surface area contributed by atoms with Crippen LogP contribution in [0.25, 0.3) is 0 Å². The average Bonchev–Trinajstić information content (AvgIpc) is 3.06. The van der Waals surface area contributed by atoms with Crippen molar-refractivity contribution in [3.8, 4) is 0 Å². The van der Waals surface area contributed by atoms with Crippen molar-refractivity contribution in [1.82, 2.24) is 10.0 Å². The van der Waals surface area contributed by atoms with Crippen molar-refractivity contribution in [3.63, 3.8) is 0 Å². The predicted molar refractivity (Wildman–Crippen MR) is 156 cm³/mol. The van der Waals surface area contributed by atoms with Gasteiger partial charge in [-0.3, -0.25) is 19.1 Å². The molecule has 1 aliphatic heterocycles. The van der Waals surface area contributed by atoms with Gasteiger partial charge in [-0.2, -0.15) is 26.3 Å². The zero-order chi connectivity index (χ0) is 32.5. The molecule has 1 aliphatic rings. The Labute approximate surface area is 255 Å². The number of aliphatic imine (C=N–C) groups is 1. The third-order valence-electron chi connectivity index (χ3n) is 6.94. The zero-order valence-electron chi connectivity index (χ0n) is 23.8. The minimum atomic E-state index is -4.70. The first-order valence-electron chi connectivity index (χ1n) is 13.8. The Hall–Kier alpha value is -3.59. The number of rotatable bonds is 13. The third-order valence-corrected chi connectivity index (χ3v) is 7.72. The maximum absolute atomic E-state index is 13.7. The van der Waals surface area contributed by atoms with Crippen LogP contribution < -0.4 is 20.7 Å². The third kappa shape index (κ3) is 9.97. The van der Waals surface area contributed by atoms with Crippen molar-refractivity contribution in [2.45, 2.75) is 50.6 Å². The first-order valence-corrected chi connectivity index (χ1v) is 14.8. The number of fused-ring (bicyclic) bond motifs is 1. The molecule has 0 bridgehead atoms. The molecule has 3 rings (SSSR count). The van der Waals surface area contributed by atoms with Crippen LogP contribution in [0.2, 0.25) is 0 Å². The van der Waals surface area contributed by atoms with Crippen molar-refractivity contribution in [2.24, 2.45) is 22.6 Å². The lowest BCUT2D eigenvalue weighted by Crippen LogP contribution is -2.50. The molecular formula is C29H33F6N5O3S. The van der Waals surface area contributed by atoms with Crippen LogP contribution in [0.1, 0.15) is 43.2 Å². The SMILES string of the molecule is CN1C(=O)C(NC(=O)C(CCCC(F)(F)F)C(CCC(F)(F)F)C(=O)NSCCN)N=C(c2ccccc2)c2ccccc21. The van der Waals surface area contributed by atoms with Crippen molar-refractivity contribution in [2.75, 3.05) is 24.2 Å². The molecule has 0 radical (unpaired) electrons. The van der Waals surface area contributed by atoms with Gasteiger partial charge in [0.1, 0.15) is 0 Å². The van der Waals surface area contributed by atoms with Gasteiger partial charge in [0.25, 0.3) is 5.91 Å². The number of benzodiazepines with no additional fused rings is 1. The van der Waals surface area contributed by atoms with Gasteiger partial charge in [-0.1, -0.05) is 48.5 Å². The van der Waals surface area contributed by atoms with Gasteiger partial charge in [-0.05, 0) is 37.3 Å². The number of nitrogens with two attached hydrogens (primary N) is 1. The molecular weight excluding hydrogens is 612 g/mol. The van der Waals surface area contributed by atoms with E-state index < -0.39 is 80.2 Å². The van der Waals surface area contributed by atoms with E-state index in [1.165, 1.54) is 11.9 Å². The summed E-state index contributed by atoms with van der Waals surface area (Å²) in [4.78, 5) is 46.1. The molecule has 3 atom stereocenters. The molecule has 4 N–H and O–H groups in total. The highest BCUT2D eigenvalue weighted by Crippen LogP contribution is 2.33. The van der Waals surface area contributed by atoms with Gasteiger partial charge in [-0.15, -0.1) is 0 Å². The molecule has 0 fully saturated rings. The van der Waals surface area contributed by atoms with E-state index in [2.05, 4.69) is 15.0 Å². The van der Waals surface area contributed by atoms with Crippen LogP contribution in [0.4, 0.5) is 32.0 Å². The maximum atomic E-state index is 13.7. The summed E-state index contributed by atoms with van der Waals surface area (Å²) < 4.78 is 81.1. The molecule has 44 heavy (non-hydrogen) atoms. The molecule has 240 valence electrons. The number of carbonyl (C=O) groups excluding carboxylic acids is 3. The lowest BCUT2D eigenvalue weighted by molar-refractivity contribution is -0.147. The van der Waals surface area contributed by atoms with E-state index in [9.17, 15) is 40.7 Å². The first-order chi connectivity index (χ1) is 20.7. The lowest BCUT2D eigenvalue weighted by atomic mass is 9.83. The van der Waals surface area contributed by atoms with E-state index in [4.69, 9.17) is 5.73 Å². The zero-order valence-corrected chi connectivity index (χ0v) is 24.6. The minimum Gasteiger partial charge on any atom is -0.330 e. The molecule has 0 saturated heterocycles. The fourth-order valence-corrected chi connectivity index (χ4v) is 5.33. The van der Waals surface area contributed by atoms with E-state index in [0.717, 1.165) is 11.9 Å². The fourth-order valence-electron chi connectivity index (χ4n) is 4.81. The predicted octanol–water partition coefficient (Wildman–Crippen LogP) is 4.97. The van der Waals surface area contributed by atoms with Gasteiger partial charge in [0.2, 0.25) is 18.0 Å². The van der Waals surface area contributed by atoms with Crippen LogP contribution in [0.5, 0.6) is 0 Å². The number of alkyl halides is 6. The fraction of sp³-hybridized carbons (Fsp3) is 0.448. The standard InChI is InChI=1S/C29H33F6N5O3S/c1-40-22-12-6-5-10-21(22)23(18-8-3-2-4-9-18)37-24(27(40)43)38-25(41)19(11-7-14-28(30,31)32)20(13-15-29(33,34)35)26(42)39-44-17-16-36/h2-6,8-10,12,19-20,24H,7,11,13-17,36H2,1H3,(H,38,41)(H,39,42). The van der Waals surface area contributed by atoms with Crippen LogP contribution in [-0.2, 0) is 14.4 Å². The van der Waals surface area contributed by atoms with Crippen LogP contribution in [0, 0.1) is 11.8 Å². The van der Waals surface area contributed by atoms with Gasteiger partial charge in [0, 0.05) is 49.2 Å². The van der Waals surface area contributed by atoms with Crippen LogP contribution in [0.3, 0.4) is 0 Å². The second kappa shape index (κ2) is 15.4. The number of hydrogen-bond acceptors (Lipinski definition) is 6. The smallest absolute Gasteiger partial charge is 0.330 e. The van der Waals surface area contributed by atoms with E-state index in [1.54, 1.807) is 54.6 Å². The Kier molecular flexibility index (Phi) is 12.2. The summed E-state index contributed by atoms with van der Waals surface area (Å²) in [5.41, 5.74) is 7.38. The molecule has 0 aromatic heterocycles. The summed E-state index contributed by atoms with van der Waals surface area (Å²) in [6, 6.07) is 15.6. The van der Waals surface area contributed by atoms with Crippen LogP contribution >= 0.6 is 11.9 Å². The second-order valence-electron chi connectivity index (χ2n) is 10.1. The number of carbonyl (C=O) groups is 3. The summed E-state index contributed by atoms with van der Waals surface area (Å²) in [6.07, 6.45) is -15.7. The largest absolute Gasteiger partial charge is 0.389 e. The lowest BCUT2D eigenvalue weighted by Gasteiger charge is -2.28. The van der Waals surface area contributed by atoms with Gasteiger partial charge in [-0.25, -0.2) is 4.99 Å². The van der Waals surface area contributed by atoms with Crippen molar-refractivity contribution in [1.29, 1.82) is 0 Å². The molecule has 2 aromatic carbocycles. The normalized spacial score (nSPS) is 16.8. The van der Waals surface area contributed by atoms with Crippen LogP contribution in [-0.4, -0.2) is 61.3 Å². The van der Waals surface area contributed by atoms with Crippen molar-refractivity contribution < 1.29 is 40.7 Å². The Morgan fingerprint density at radius 2 is 1.55 bits per heavy atom. The van der Waals surface area contributed by atoms with Crippen LogP contribution in [0.15, 0.2) is 59.6 Å². The highest BCUT2D eigenvalue weighted by molar-refractivity contribution is 7.97. The quantitative estimate of drug-likeness (QED) is 0.162. The number of para-hydroxylation sites is 1. The molecule has 1 heterocycles. The first kappa shape index (κ1) is 34.9. The summed E-state index contributed by atoms with van der Waals surface area (Å²) in [5, 5.41) is 2.43. The highest BCUT2D eigenvalue weighted by Gasteiger charge is 2.40. The Morgan fingerprint density at radius 1 is 0.932 bits per heavy atom. The highest BCUT2D eigenvalue weighted by atomic mass is 32.2. The summed E-state index contributed by atoms with van der Waals surface area (Å²) in [6.45, 7) is 0.134. The topological polar surface area (TPSA) is 117 Å². The number of halogens is 6. The summed E-state index contributed by atoms with van der Waals surface area (Å²) in [5.74, 6) is -5.78. The summed E-state index contributed by atoms with van der Waals surface area (Å²) in [7, 11) is 1.46. The van der Waals surface area contributed by atoms with Gasteiger partial charge in [0.15, 0.2) is 0 Å². The van der Waals surface area contributed by atoms with Crippen molar-refractivity contribution in [3.05, 3.63) is 65.7 Å². The number of nitrogens with zero attached hydrogens (tertiary/aromatic N) is 2. The monoisotopic (exact) mass is 645 g/mol. The molecule has 0 spiro atoms. The van der Waals surface area contributed by atoms with E-state index in [-0.39, 0.29) is 12.3 Å². The molecule has 0 aliphatic carbocycles. The Morgan fingerprint density at radius 3 is 2.18 bits per heavy atom.